The molecule has 0 aliphatic heterocycles. The Morgan fingerprint density at radius 3 is 2.75 bits per heavy atom. The molecule has 20 heavy (non-hydrogen) atoms. The highest BCUT2D eigenvalue weighted by atomic mass is 16.4. The smallest absolute Gasteiger partial charge is 0.328 e. The molecule has 2 aromatic rings. The number of fused-ring (bicyclic) bond motifs is 1. The molecule has 2 rings (SSSR count). The van der Waals surface area contributed by atoms with E-state index in [0.29, 0.717) is 0 Å². The average Bonchev–Trinajstić information content (AvgIpc) is 2.87. The SMILES string of the molecule is CC(C(=O)N[C@@H](CO)C(=O)O)n1cnc2ccccc21. The Morgan fingerprint density at radius 1 is 1.40 bits per heavy atom. The molecule has 0 fully saturated rings. The minimum atomic E-state index is -1.31. The summed E-state index contributed by atoms with van der Waals surface area (Å²) in [5, 5.41) is 20.0. The Morgan fingerprint density at radius 2 is 2.10 bits per heavy atom. The van der Waals surface area contributed by atoms with Gasteiger partial charge in [0.25, 0.3) is 0 Å². The molecule has 1 aromatic carbocycles. The van der Waals surface area contributed by atoms with Crippen LogP contribution in [-0.4, -0.2) is 44.3 Å². The van der Waals surface area contributed by atoms with E-state index < -0.39 is 30.6 Å². The van der Waals surface area contributed by atoms with Crippen molar-refractivity contribution in [2.75, 3.05) is 6.61 Å². The third-order valence-electron chi connectivity index (χ3n) is 3.07. The van der Waals surface area contributed by atoms with Gasteiger partial charge in [0.15, 0.2) is 0 Å². The van der Waals surface area contributed by atoms with Gasteiger partial charge in [-0.05, 0) is 19.1 Å². The largest absolute Gasteiger partial charge is 0.480 e. The molecule has 2 atom stereocenters. The first-order valence-electron chi connectivity index (χ1n) is 6.10. The van der Waals surface area contributed by atoms with Crippen LogP contribution in [0.25, 0.3) is 11.0 Å². The predicted molar refractivity (Wildman–Crippen MR) is 71.1 cm³/mol. The van der Waals surface area contributed by atoms with Crippen molar-refractivity contribution < 1.29 is 19.8 Å². The predicted octanol–water partition coefficient (Wildman–Crippen LogP) is 0.159. The highest BCUT2D eigenvalue weighted by Gasteiger charge is 2.23. The number of para-hydroxylation sites is 2. The summed E-state index contributed by atoms with van der Waals surface area (Å²) in [7, 11) is 0. The number of aliphatic carboxylic acids is 1. The van der Waals surface area contributed by atoms with Crippen LogP contribution in [-0.2, 0) is 9.59 Å². The van der Waals surface area contributed by atoms with E-state index in [-0.39, 0.29) is 0 Å². The number of hydrogen-bond acceptors (Lipinski definition) is 4. The summed E-state index contributed by atoms with van der Waals surface area (Å²) in [6.07, 6.45) is 1.53. The number of carbonyl (C=O) groups excluding carboxylic acids is 1. The van der Waals surface area contributed by atoms with Crippen molar-refractivity contribution in [1.82, 2.24) is 14.9 Å². The fraction of sp³-hybridized carbons (Fsp3) is 0.308. The summed E-state index contributed by atoms with van der Waals surface area (Å²) in [6, 6.07) is 5.39. The third-order valence-corrected chi connectivity index (χ3v) is 3.07. The number of carboxylic acids is 1. The zero-order chi connectivity index (χ0) is 14.7. The van der Waals surface area contributed by atoms with Crippen LogP contribution in [0.15, 0.2) is 30.6 Å². The number of aliphatic hydroxyl groups excluding tert-OH is 1. The summed E-state index contributed by atoms with van der Waals surface area (Å²) in [4.78, 5) is 27.0. The van der Waals surface area contributed by atoms with Crippen LogP contribution in [0, 0.1) is 0 Å². The summed E-state index contributed by atoms with van der Waals surface area (Å²) >= 11 is 0. The molecule has 1 aromatic heterocycles. The second kappa shape index (κ2) is 5.70. The number of hydrogen-bond donors (Lipinski definition) is 3. The minimum Gasteiger partial charge on any atom is -0.480 e. The van der Waals surface area contributed by atoms with Crippen molar-refractivity contribution in [3.05, 3.63) is 30.6 Å². The first-order chi connectivity index (χ1) is 9.54. The minimum absolute atomic E-state index is 0.491. The molecule has 1 amide bonds. The maximum Gasteiger partial charge on any atom is 0.328 e. The number of aliphatic hydroxyl groups is 1. The summed E-state index contributed by atoms with van der Waals surface area (Å²) in [5.41, 5.74) is 1.54. The van der Waals surface area contributed by atoms with Crippen LogP contribution in [0.2, 0.25) is 0 Å². The quantitative estimate of drug-likeness (QED) is 0.722. The van der Waals surface area contributed by atoms with Gasteiger partial charge in [-0.25, -0.2) is 9.78 Å². The number of rotatable bonds is 5. The lowest BCUT2D eigenvalue weighted by molar-refractivity contribution is -0.143. The molecule has 0 saturated heterocycles. The second-order valence-corrected chi connectivity index (χ2v) is 4.40. The van der Waals surface area contributed by atoms with Crippen LogP contribution in [0.5, 0.6) is 0 Å². The van der Waals surface area contributed by atoms with Crippen molar-refractivity contribution >= 4 is 22.9 Å². The Bertz CT molecular complexity index is 637. The van der Waals surface area contributed by atoms with Gasteiger partial charge in [0.05, 0.1) is 24.0 Å². The van der Waals surface area contributed by atoms with Gasteiger partial charge in [0, 0.05) is 0 Å². The van der Waals surface area contributed by atoms with E-state index >= 15 is 0 Å². The number of carboxylic acid groups (broad SMARTS) is 1. The van der Waals surface area contributed by atoms with Gasteiger partial charge >= 0.3 is 5.97 Å². The van der Waals surface area contributed by atoms with Gasteiger partial charge in [-0.2, -0.15) is 0 Å². The first kappa shape index (κ1) is 14.0. The number of imidazole rings is 1. The zero-order valence-corrected chi connectivity index (χ0v) is 10.9. The van der Waals surface area contributed by atoms with Gasteiger partial charge in [-0.15, -0.1) is 0 Å². The molecule has 7 heteroatoms. The standard InChI is InChI=1S/C13H15N3O4/c1-8(12(18)15-10(6-17)13(19)20)16-7-14-9-4-2-3-5-11(9)16/h2-5,7-8,10,17H,6H2,1H3,(H,15,18)(H,19,20)/t8?,10-/m0/s1. The maximum atomic E-state index is 12.0. The highest BCUT2D eigenvalue weighted by Crippen LogP contribution is 2.17. The van der Waals surface area contributed by atoms with Crippen LogP contribution in [0.1, 0.15) is 13.0 Å². The molecule has 3 N–H and O–H groups in total. The van der Waals surface area contributed by atoms with E-state index in [2.05, 4.69) is 10.3 Å². The summed E-state index contributed by atoms with van der Waals surface area (Å²) < 4.78 is 1.65. The summed E-state index contributed by atoms with van der Waals surface area (Å²) in [6.45, 7) is 0.984. The first-order valence-corrected chi connectivity index (χ1v) is 6.10. The molecular formula is C13H15N3O4. The Hall–Kier alpha value is -2.41. The van der Waals surface area contributed by atoms with Crippen molar-refractivity contribution in [3.63, 3.8) is 0 Å². The highest BCUT2D eigenvalue weighted by molar-refractivity contribution is 5.87. The van der Waals surface area contributed by atoms with Crippen molar-refractivity contribution in [3.8, 4) is 0 Å². The van der Waals surface area contributed by atoms with Crippen LogP contribution in [0.4, 0.5) is 0 Å². The molecule has 0 aliphatic carbocycles. The number of benzene rings is 1. The number of aromatic nitrogens is 2. The maximum absolute atomic E-state index is 12.0. The molecule has 0 spiro atoms. The van der Waals surface area contributed by atoms with Gasteiger partial charge in [-0.1, -0.05) is 12.1 Å². The van der Waals surface area contributed by atoms with Crippen molar-refractivity contribution in [2.24, 2.45) is 0 Å². The third kappa shape index (κ3) is 2.62. The van der Waals surface area contributed by atoms with Crippen LogP contribution in [0.3, 0.4) is 0 Å². The van der Waals surface area contributed by atoms with E-state index in [9.17, 15) is 9.59 Å². The van der Waals surface area contributed by atoms with Crippen molar-refractivity contribution in [1.29, 1.82) is 0 Å². The van der Waals surface area contributed by atoms with E-state index in [1.54, 1.807) is 11.5 Å². The molecule has 1 heterocycles. The Balaban J connectivity index is 2.20. The van der Waals surface area contributed by atoms with Gasteiger partial charge < -0.3 is 20.1 Å². The number of carbonyl (C=O) groups is 2. The van der Waals surface area contributed by atoms with Crippen LogP contribution >= 0.6 is 0 Å². The van der Waals surface area contributed by atoms with Gasteiger partial charge in [0.1, 0.15) is 12.1 Å². The number of nitrogens with one attached hydrogen (secondary N) is 1. The fourth-order valence-electron chi connectivity index (χ4n) is 1.89. The molecule has 0 bridgehead atoms. The van der Waals surface area contributed by atoms with Crippen molar-refractivity contribution in [2.45, 2.75) is 19.0 Å². The molecule has 0 saturated carbocycles. The number of amides is 1. The topological polar surface area (TPSA) is 104 Å². The lowest BCUT2D eigenvalue weighted by atomic mass is 10.2. The van der Waals surface area contributed by atoms with E-state index in [1.165, 1.54) is 6.33 Å². The second-order valence-electron chi connectivity index (χ2n) is 4.40. The summed E-state index contributed by atoms with van der Waals surface area (Å²) in [5.74, 6) is -1.77. The monoisotopic (exact) mass is 277 g/mol. The van der Waals surface area contributed by atoms with E-state index in [1.807, 2.05) is 24.3 Å². The van der Waals surface area contributed by atoms with Gasteiger partial charge in [0.2, 0.25) is 5.91 Å². The molecule has 1 unspecified atom stereocenters. The number of nitrogens with zero attached hydrogens (tertiary/aromatic N) is 2. The molecule has 0 radical (unpaired) electrons. The zero-order valence-electron chi connectivity index (χ0n) is 10.9. The lowest BCUT2D eigenvalue weighted by Gasteiger charge is -2.17. The molecule has 0 aliphatic rings. The molecule has 7 nitrogen and oxygen atoms in total. The average molecular weight is 277 g/mol. The van der Waals surface area contributed by atoms with E-state index in [0.717, 1.165) is 11.0 Å². The van der Waals surface area contributed by atoms with E-state index in [4.69, 9.17) is 10.2 Å². The normalized spacial score (nSPS) is 13.9. The van der Waals surface area contributed by atoms with Crippen LogP contribution < -0.4 is 5.32 Å². The Kier molecular flexibility index (Phi) is 3.99. The molecular weight excluding hydrogens is 262 g/mol. The van der Waals surface area contributed by atoms with Gasteiger partial charge in [-0.3, -0.25) is 4.79 Å². The lowest BCUT2D eigenvalue weighted by Crippen LogP contribution is -2.45. The fourth-order valence-corrected chi connectivity index (χ4v) is 1.89. The Labute approximate surface area is 114 Å². The molecule has 106 valence electrons.